The second-order valence-corrected chi connectivity index (χ2v) is 5.77. The molecule has 0 unspecified atom stereocenters. The minimum atomic E-state index is 0.487. The van der Waals surface area contributed by atoms with Crippen molar-refractivity contribution in [2.75, 3.05) is 5.73 Å². The van der Waals surface area contributed by atoms with Gasteiger partial charge in [-0.15, -0.1) is 0 Å². The van der Waals surface area contributed by atoms with Gasteiger partial charge in [-0.3, -0.25) is 0 Å². The van der Waals surface area contributed by atoms with Crippen LogP contribution in [-0.4, -0.2) is 0 Å². The average Bonchev–Trinajstić information content (AvgIpc) is 2.38. The van der Waals surface area contributed by atoms with Crippen LogP contribution in [0.1, 0.15) is 30.9 Å². The summed E-state index contributed by atoms with van der Waals surface area (Å²) in [5, 5.41) is 0. The van der Waals surface area contributed by atoms with Crippen LogP contribution in [0.15, 0.2) is 46.9 Å². The van der Waals surface area contributed by atoms with E-state index >= 15 is 0 Å². The van der Waals surface area contributed by atoms with Gasteiger partial charge in [0, 0.05) is 15.7 Å². The fourth-order valence-electron chi connectivity index (χ4n) is 1.82. The molecule has 0 aliphatic heterocycles. The maximum absolute atomic E-state index is 5.95. The highest BCUT2D eigenvalue weighted by Gasteiger charge is 2.03. The van der Waals surface area contributed by atoms with Crippen LogP contribution in [0.5, 0.6) is 5.75 Å². The van der Waals surface area contributed by atoms with Crippen molar-refractivity contribution in [2.45, 2.75) is 26.4 Å². The number of anilines is 1. The highest BCUT2D eigenvalue weighted by atomic mass is 79.9. The van der Waals surface area contributed by atoms with Gasteiger partial charge in [0.2, 0.25) is 0 Å². The molecule has 19 heavy (non-hydrogen) atoms. The molecule has 0 bridgehead atoms. The van der Waals surface area contributed by atoms with Crippen LogP contribution >= 0.6 is 15.9 Å². The van der Waals surface area contributed by atoms with Crippen LogP contribution < -0.4 is 10.5 Å². The zero-order chi connectivity index (χ0) is 13.8. The van der Waals surface area contributed by atoms with Crippen molar-refractivity contribution < 1.29 is 4.74 Å². The van der Waals surface area contributed by atoms with E-state index in [9.17, 15) is 0 Å². The first-order valence-corrected chi connectivity index (χ1v) is 7.12. The maximum atomic E-state index is 5.95. The van der Waals surface area contributed by atoms with Crippen LogP contribution in [-0.2, 0) is 6.61 Å². The van der Waals surface area contributed by atoms with E-state index in [1.54, 1.807) is 0 Å². The number of nitrogens with two attached hydrogens (primary N) is 1. The number of rotatable bonds is 4. The molecule has 0 saturated heterocycles. The summed E-state index contributed by atoms with van der Waals surface area (Å²) < 4.78 is 6.79. The number of hydrogen-bond acceptors (Lipinski definition) is 2. The zero-order valence-corrected chi connectivity index (χ0v) is 12.8. The van der Waals surface area contributed by atoms with Gasteiger partial charge in [0.15, 0.2) is 0 Å². The molecular weight excluding hydrogens is 302 g/mol. The Hall–Kier alpha value is -1.48. The van der Waals surface area contributed by atoms with Crippen molar-refractivity contribution in [1.82, 2.24) is 0 Å². The van der Waals surface area contributed by atoms with Crippen molar-refractivity contribution in [3.8, 4) is 5.75 Å². The molecule has 0 spiro atoms. The van der Waals surface area contributed by atoms with E-state index in [1.807, 2.05) is 30.3 Å². The van der Waals surface area contributed by atoms with Crippen molar-refractivity contribution in [1.29, 1.82) is 0 Å². The summed E-state index contributed by atoms with van der Waals surface area (Å²) in [4.78, 5) is 0. The lowest BCUT2D eigenvalue weighted by Gasteiger charge is -2.11. The van der Waals surface area contributed by atoms with E-state index in [1.165, 1.54) is 5.56 Å². The second kappa shape index (κ2) is 6.11. The van der Waals surface area contributed by atoms with Gasteiger partial charge in [0.25, 0.3) is 0 Å². The molecule has 0 saturated carbocycles. The number of nitrogen functional groups attached to an aromatic ring is 1. The lowest BCUT2D eigenvalue weighted by Crippen LogP contribution is -2.00. The molecule has 2 N–H and O–H groups in total. The van der Waals surface area contributed by atoms with Gasteiger partial charge in [0.1, 0.15) is 12.4 Å². The summed E-state index contributed by atoms with van der Waals surface area (Å²) in [6, 6.07) is 14.0. The standard InChI is InChI=1S/C16H18BrNO/c1-11(2)12-4-3-5-15(8-12)19-10-13-6-7-14(17)9-16(13)18/h3-9,11H,10,18H2,1-2H3. The van der Waals surface area contributed by atoms with E-state index in [0.29, 0.717) is 12.5 Å². The predicted octanol–water partition coefficient (Wildman–Crippen LogP) is 4.73. The predicted molar refractivity (Wildman–Crippen MR) is 83.4 cm³/mol. The van der Waals surface area contributed by atoms with Crippen molar-refractivity contribution in [3.63, 3.8) is 0 Å². The maximum Gasteiger partial charge on any atom is 0.120 e. The minimum Gasteiger partial charge on any atom is -0.489 e. The van der Waals surface area contributed by atoms with Gasteiger partial charge < -0.3 is 10.5 Å². The monoisotopic (exact) mass is 319 g/mol. The third-order valence-electron chi connectivity index (χ3n) is 3.03. The molecule has 2 rings (SSSR count). The van der Waals surface area contributed by atoms with Crippen LogP contribution in [0, 0.1) is 0 Å². The summed E-state index contributed by atoms with van der Waals surface area (Å²) >= 11 is 3.40. The van der Waals surface area contributed by atoms with Crippen LogP contribution in [0.25, 0.3) is 0 Å². The SMILES string of the molecule is CC(C)c1cccc(OCc2ccc(Br)cc2N)c1. The molecule has 0 aromatic heterocycles. The zero-order valence-electron chi connectivity index (χ0n) is 11.2. The smallest absolute Gasteiger partial charge is 0.120 e. The average molecular weight is 320 g/mol. The Morgan fingerprint density at radius 1 is 1.16 bits per heavy atom. The number of halogens is 1. The third kappa shape index (κ3) is 3.74. The van der Waals surface area contributed by atoms with Gasteiger partial charge in [-0.05, 0) is 35.7 Å². The lowest BCUT2D eigenvalue weighted by atomic mass is 10.0. The Morgan fingerprint density at radius 3 is 2.63 bits per heavy atom. The molecule has 3 heteroatoms. The quantitative estimate of drug-likeness (QED) is 0.826. The topological polar surface area (TPSA) is 35.2 Å². The second-order valence-electron chi connectivity index (χ2n) is 4.86. The summed E-state index contributed by atoms with van der Waals surface area (Å²) in [5.41, 5.74) is 8.98. The van der Waals surface area contributed by atoms with E-state index in [4.69, 9.17) is 10.5 Å². The number of ether oxygens (including phenoxy) is 1. The van der Waals surface area contributed by atoms with Gasteiger partial charge in [-0.2, -0.15) is 0 Å². The van der Waals surface area contributed by atoms with Crippen molar-refractivity contribution in [3.05, 3.63) is 58.1 Å². The fraction of sp³-hybridized carbons (Fsp3) is 0.250. The Kier molecular flexibility index (Phi) is 4.48. The molecule has 0 aliphatic carbocycles. The Labute approximate surface area is 122 Å². The molecule has 2 aromatic carbocycles. The van der Waals surface area contributed by atoms with Gasteiger partial charge >= 0.3 is 0 Å². The molecule has 100 valence electrons. The molecule has 0 aliphatic rings. The van der Waals surface area contributed by atoms with Crippen LogP contribution in [0.4, 0.5) is 5.69 Å². The van der Waals surface area contributed by atoms with Crippen LogP contribution in [0.2, 0.25) is 0 Å². The molecular formula is C16H18BrNO. The first-order valence-electron chi connectivity index (χ1n) is 6.33. The number of hydrogen-bond donors (Lipinski definition) is 1. The first-order chi connectivity index (χ1) is 9.06. The molecule has 0 radical (unpaired) electrons. The molecule has 0 fully saturated rings. The highest BCUT2D eigenvalue weighted by Crippen LogP contribution is 2.23. The molecule has 0 heterocycles. The fourth-order valence-corrected chi connectivity index (χ4v) is 2.20. The third-order valence-corrected chi connectivity index (χ3v) is 3.52. The lowest BCUT2D eigenvalue weighted by molar-refractivity contribution is 0.306. The minimum absolute atomic E-state index is 0.487. The Bertz CT molecular complexity index is 566. The van der Waals surface area contributed by atoms with Crippen molar-refractivity contribution >= 4 is 21.6 Å². The number of benzene rings is 2. The van der Waals surface area contributed by atoms with E-state index in [2.05, 4.69) is 41.9 Å². The van der Waals surface area contributed by atoms with E-state index < -0.39 is 0 Å². The van der Waals surface area contributed by atoms with Crippen molar-refractivity contribution in [2.24, 2.45) is 0 Å². The summed E-state index contributed by atoms with van der Waals surface area (Å²) in [7, 11) is 0. The summed E-state index contributed by atoms with van der Waals surface area (Å²) in [6.07, 6.45) is 0. The molecule has 0 atom stereocenters. The normalized spacial score (nSPS) is 10.7. The van der Waals surface area contributed by atoms with Gasteiger partial charge in [-0.25, -0.2) is 0 Å². The molecule has 2 nitrogen and oxygen atoms in total. The molecule has 2 aromatic rings. The molecule has 0 amide bonds. The largest absolute Gasteiger partial charge is 0.489 e. The van der Waals surface area contributed by atoms with Crippen LogP contribution in [0.3, 0.4) is 0 Å². The van der Waals surface area contributed by atoms with E-state index in [-0.39, 0.29) is 0 Å². The Balaban J connectivity index is 2.08. The van der Waals surface area contributed by atoms with Gasteiger partial charge in [-0.1, -0.05) is 48.0 Å². The Morgan fingerprint density at radius 2 is 1.95 bits per heavy atom. The summed E-state index contributed by atoms with van der Waals surface area (Å²) in [5.74, 6) is 1.38. The van der Waals surface area contributed by atoms with Gasteiger partial charge in [0.05, 0.1) is 0 Å². The highest BCUT2D eigenvalue weighted by molar-refractivity contribution is 9.10. The summed E-state index contributed by atoms with van der Waals surface area (Å²) in [6.45, 7) is 4.83. The van der Waals surface area contributed by atoms with E-state index in [0.717, 1.165) is 21.5 Å². The first kappa shape index (κ1) is 13.9.